The van der Waals surface area contributed by atoms with Gasteiger partial charge in [0.2, 0.25) is 5.78 Å². The Morgan fingerprint density at radius 2 is 1.81 bits per heavy atom. The molecule has 2 rings (SSSR count). The molecule has 26 heavy (non-hydrogen) atoms. The maximum Gasteiger partial charge on any atom is 0.331 e. The molecule has 0 aliphatic heterocycles. The second kappa shape index (κ2) is 9.10. The molecular weight excluding hydrogens is 400 g/mol. The van der Waals surface area contributed by atoms with E-state index in [1.807, 2.05) is 24.3 Å². The lowest BCUT2D eigenvalue weighted by atomic mass is 10.0. The van der Waals surface area contributed by atoms with E-state index in [1.54, 1.807) is 25.1 Å². The monoisotopic (exact) mass is 416 g/mol. The number of hydrogen-bond acceptors (Lipinski definition) is 4. The van der Waals surface area contributed by atoms with Crippen molar-refractivity contribution in [3.05, 3.63) is 75.3 Å². The number of hydrogen-bond donors (Lipinski definition) is 1. The van der Waals surface area contributed by atoms with Crippen molar-refractivity contribution < 1.29 is 24.2 Å². The van der Waals surface area contributed by atoms with Gasteiger partial charge in [0.1, 0.15) is 0 Å². The molecule has 0 saturated carbocycles. The van der Waals surface area contributed by atoms with E-state index in [4.69, 9.17) is 9.84 Å². The van der Waals surface area contributed by atoms with Gasteiger partial charge in [-0.1, -0.05) is 40.2 Å². The highest BCUT2D eigenvalue weighted by atomic mass is 79.9. The van der Waals surface area contributed by atoms with Crippen LogP contribution in [0.25, 0.3) is 6.08 Å². The van der Waals surface area contributed by atoms with E-state index < -0.39 is 18.5 Å². The van der Waals surface area contributed by atoms with Crippen molar-refractivity contribution >= 4 is 39.7 Å². The summed E-state index contributed by atoms with van der Waals surface area (Å²) in [6.45, 7) is 1.34. The predicted octanol–water partition coefficient (Wildman–Crippen LogP) is 3.82. The van der Waals surface area contributed by atoms with E-state index in [-0.39, 0.29) is 12.2 Å². The molecule has 5 nitrogen and oxygen atoms in total. The van der Waals surface area contributed by atoms with Gasteiger partial charge in [-0.3, -0.25) is 9.59 Å². The second-order valence-electron chi connectivity index (χ2n) is 5.64. The molecule has 0 aliphatic rings. The fourth-order valence-electron chi connectivity index (χ4n) is 2.25. The third-order valence-electron chi connectivity index (χ3n) is 3.59. The molecule has 0 aliphatic carbocycles. The van der Waals surface area contributed by atoms with Crippen LogP contribution in [-0.2, 0) is 20.7 Å². The summed E-state index contributed by atoms with van der Waals surface area (Å²) in [5.41, 5.74) is 2.40. The van der Waals surface area contributed by atoms with Crippen LogP contribution < -0.4 is 0 Å². The van der Waals surface area contributed by atoms with Crippen LogP contribution in [0, 0.1) is 6.92 Å². The molecule has 2 aromatic carbocycles. The molecule has 6 heteroatoms. The second-order valence-corrected chi connectivity index (χ2v) is 6.55. The largest absolute Gasteiger partial charge is 0.481 e. The van der Waals surface area contributed by atoms with Gasteiger partial charge in [-0.2, -0.15) is 0 Å². The van der Waals surface area contributed by atoms with Crippen LogP contribution in [-0.4, -0.2) is 29.4 Å². The molecule has 0 amide bonds. The number of ether oxygens (including phenoxy) is 1. The first kappa shape index (κ1) is 19.6. The number of aliphatic carboxylic acids is 1. The van der Waals surface area contributed by atoms with Crippen molar-refractivity contribution in [1.82, 2.24) is 0 Å². The molecule has 0 saturated heterocycles. The number of halogens is 1. The van der Waals surface area contributed by atoms with Gasteiger partial charge in [-0.25, -0.2) is 4.79 Å². The summed E-state index contributed by atoms with van der Waals surface area (Å²) in [5.74, 6) is -1.97. The number of ketones is 1. The van der Waals surface area contributed by atoms with Crippen molar-refractivity contribution in [3.63, 3.8) is 0 Å². The van der Waals surface area contributed by atoms with Gasteiger partial charge in [0.05, 0.1) is 6.42 Å². The van der Waals surface area contributed by atoms with Crippen LogP contribution in [0.3, 0.4) is 0 Å². The number of esters is 1. The highest BCUT2D eigenvalue weighted by molar-refractivity contribution is 9.10. The third kappa shape index (κ3) is 5.97. The first-order valence-electron chi connectivity index (χ1n) is 7.80. The fourth-order valence-corrected chi connectivity index (χ4v) is 2.52. The quantitative estimate of drug-likeness (QED) is 0.421. The van der Waals surface area contributed by atoms with Crippen LogP contribution in [0.1, 0.15) is 27.0 Å². The molecule has 0 unspecified atom stereocenters. The Labute approximate surface area is 159 Å². The zero-order valence-electron chi connectivity index (χ0n) is 14.1. The summed E-state index contributed by atoms with van der Waals surface area (Å²) in [5, 5.41) is 8.85. The van der Waals surface area contributed by atoms with Gasteiger partial charge in [0.25, 0.3) is 0 Å². The van der Waals surface area contributed by atoms with Gasteiger partial charge in [-0.05, 0) is 47.9 Å². The minimum Gasteiger partial charge on any atom is -0.481 e. The lowest BCUT2D eigenvalue weighted by Crippen LogP contribution is -2.14. The summed E-state index contributed by atoms with van der Waals surface area (Å²) >= 11 is 3.33. The van der Waals surface area contributed by atoms with Crippen molar-refractivity contribution in [2.75, 3.05) is 6.61 Å². The number of benzene rings is 2. The van der Waals surface area contributed by atoms with Gasteiger partial charge in [-0.15, -0.1) is 0 Å². The van der Waals surface area contributed by atoms with Crippen LogP contribution in [0.4, 0.5) is 0 Å². The molecule has 0 atom stereocenters. The van der Waals surface area contributed by atoms with Crippen LogP contribution in [0.5, 0.6) is 0 Å². The Hall–Kier alpha value is -2.73. The fraction of sp³-hybridized carbons (Fsp3) is 0.150. The maximum atomic E-state index is 12.3. The zero-order chi connectivity index (χ0) is 19.1. The Morgan fingerprint density at radius 1 is 1.12 bits per heavy atom. The summed E-state index contributed by atoms with van der Waals surface area (Å²) < 4.78 is 5.91. The smallest absolute Gasteiger partial charge is 0.331 e. The number of carbonyl (C=O) groups is 3. The molecule has 0 spiro atoms. The first-order valence-corrected chi connectivity index (χ1v) is 8.59. The van der Waals surface area contributed by atoms with Crippen LogP contribution in [0.2, 0.25) is 0 Å². The number of carboxylic acids is 1. The SMILES string of the molecule is Cc1ccc(CC(=O)O)cc1C(=O)COC(=O)/C=C/c1ccc(Br)cc1. The van der Waals surface area contributed by atoms with E-state index in [1.165, 1.54) is 12.1 Å². The molecule has 1 N–H and O–H groups in total. The molecule has 0 heterocycles. The van der Waals surface area contributed by atoms with Crippen LogP contribution in [0.15, 0.2) is 53.0 Å². The van der Waals surface area contributed by atoms with E-state index in [9.17, 15) is 14.4 Å². The Morgan fingerprint density at radius 3 is 2.46 bits per heavy atom. The van der Waals surface area contributed by atoms with Gasteiger partial charge < -0.3 is 9.84 Å². The standard InChI is InChI=1S/C20H17BrO5/c1-13-2-3-15(11-19(23)24)10-17(13)18(22)12-26-20(25)9-6-14-4-7-16(21)8-5-14/h2-10H,11-12H2,1H3,(H,23,24)/b9-6+. The summed E-state index contributed by atoms with van der Waals surface area (Å²) in [6.07, 6.45) is 2.68. The highest BCUT2D eigenvalue weighted by Crippen LogP contribution is 2.14. The zero-order valence-corrected chi connectivity index (χ0v) is 15.7. The average Bonchev–Trinajstić information content (AvgIpc) is 2.60. The molecule has 134 valence electrons. The Kier molecular flexibility index (Phi) is 6.86. The van der Waals surface area contributed by atoms with Crippen molar-refractivity contribution in [3.8, 4) is 0 Å². The molecule has 0 aromatic heterocycles. The molecule has 0 fully saturated rings. The third-order valence-corrected chi connectivity index (χ3v) is 4.11. The average molecular weight is 417 g/mol. The molecular formula is C20H17BrO5. The van der Waals surface area contributed by atoms with Crippen LogP contribution >= 0.6 is 15.9 Å². The number of Topliss-reactive ketones (excluding diaryl/α,β-unsaturated/α-hetero) is 1. The number of aryl methyl sites for hydroxylation is 1. The maximum absolute atomic E-state index is 12.3. The van der Waals surface area contributed by atoms with Gasteiger partial charge in [0.15, 0.2) is 6.61 Å². The Bertz CT molecular complexity index is 853. The van der Waals surface area contributed by atoms with Crippen molar-refractivity contribution in [1.29, 1.82) is 0 Å². The highest BCUT2D eigenvalue weighted by Gasteiger charge is 2.13. The summed E-state index contributed by atoms with van der Waals surface area (Å²) in [4.78, 5) is 34.8. The van der Waals surface area contributed by atoms with Crippen molar-refractivity contribution in [2.45, 2.75) is 13.3 Å². The summed E-state index contributed by atoms with van der Waals surface area (Å²) in [6, 6.07) is 12.2. The topological polar surface area (TPSA) is 80.7 Å². The molecule has 0 bridgehead atoms. The minimum absolute atomic E-state index is 0.170. The number of carbonyl (C=O) groups excluding carboxylic acids is 2. The normalized spacial score (nSPS) is 10.7. The lowest BCUT2D eigenvalue weighted by molar-refractivity contribution is -0.137. The number of carboxylic acid groups (broad SMARTS) is 1. The Balaban J connectivity index is 1.96. The van der Waals surface area contributed by atoms with E-state index in [2.05, 4.69) is 15.9 Å². The van der Waals surface area contributed by atoms with E-state index >= 15 is 0 Å². The molecule has 2 aromatic rings. The first-order chi connectivity index (χ1) is 12.3. The van der Waals surface area contributed by atoms with E-state index in [0.717, 1.165) is 10.0 Å². The number of rotatable bonds is 7. The lowest BCUT2D eigenvalue weighted by Gasteiger charge is -2.07. The summed E-state index contributed by atoms with van der Waals surface area (Å²) in [7, 11) is 0. The van der Waals surface area contributed by atoms with E-state index in [0.29, 0.717) is 16.7 Å². The van der Waals surface area contributed by atoms with Gasteiger partial charge in [0, 0.05) is 16.1 Å². The van der Waals surface area contributed by atoms with Crippen molar-refractivity contribution in [2.24, 2.45) is 0 Å². The molecule has 0 radical (unpaired) electrons. The minimum atomic E-state index is -0.975. The van der Waals surface area contributed by atoms with Gasteiger partial charge >= 0.3 is 11.9 Å². The predicted molar refractivity (Wildman–Crippen MR) is 101 cm³/mol.